The maximum Gasteiger partial charge on any atom is 0.254 e. The lowest BCUT2D eigenvalue weighted by Gasteiger charge is -2.25. The van der Waals surface area contributed by atoms with E-state index in [2.05, 4.69) is 13.8 Å². The molecule has 2 fully saturated rings. The molecule has 2 aromatic carbocycles. The Labute approximate surface area is 221 Å². The first-order chi connectivity index (χ1) is 18.3. The third-order valence-corrected chi connectivity index (χ3v) is 6.61. The van der Waals surface area contributed by atoms with Crippen LogP contribution in [0.15, 0.2) is 48.5 Å². The van der Waals surface area contributed by atoms with Crippen molar-refractivity contribution in [2.24, 2.45) is 0 Å². The Balaban J connectivity index is 1.42. The third-order valence-electron chi connectivity index (χ3n) is 6.61. The van der Waals surface area contributed by atoms with E-state index in [4.69, 9.17) is 9.47 Å². The van der Waals surface area contributed by atoms with Gasteiger partial charge >= 0.3 is 0 Å². The van der Waals surface area contributed by atoms with E-state index in [9.17, 15) is 24.4 Å². The number of rotatable bonds is 12. The van der Waals surface area contributed by atoms with Gasteiger partial charge in [0.1, 0.15) is 23.6 Å². The molecule has 0 aromatic heterocycles. The van der Waals surface area contributed by atoms with Crippen LogP contribution in [-0.4, -0.2) is 59.2 Å². The average molecular weight is 524 g/mol. The Hall–Kier alpha value is -3.76. The smallest absolute Gasteiger partial charge is 0.254 e. The van der Waals surface area contributed by atoms with E-state index >= 15 is 0 Å². The van der Waals surface area contributed by atoms with Crippen molar-refractivity contribution in [1.82, 2.24) is 5.06 Å². The van der Waals surface area contributed by atoms with E-state index in [1.807, 2.05) is 0 Å². The molecule has 2 unspecified atom stereocenters. The van der Waals surface area contributed by atoms with E-state index in [1.165, 1.54) is 0 Å². The molecule has 1 N–H and O–H groups in total. The largest absolute Gasteiger partial charge is 0.494 e. The highest BCUT2D eigenvalue weighted by Gasteiger charge is 2.50. The van der Waals surface area contributed by atoms with Crippen molar-refractivity contribution in [3.05, 3.63) is 48.5 Å². The van der Waals surface area contributed by atoms with Crippen LogP contribution in [0.25, 0.3) is 0 Å². The number of hydrogen-bond acceptors (Lipinski definition) is 8. The summed E-state index contributed by atoms with van der Waals surface area (Å²) in [5, 5.41) is 11.4. The molecule has 0 radical (unpaired) electrons. The number of ether oxygens (including phenoxy) is 2. The molecular weight excluding hydrogens is 490 g/mol. The van der Waals surface area contributed by atoms with Gasteiger partial charge in [-0.25, -0.2) is 9.80 Å². The average Bonchev–Trinajstić information content (AvgIpc) is 3.38. The van der Waals surface area contributed by atoms with Crippen LogP contribution < -0.4 is 19.3 Å². The molecule has 0 bridgehead atoms. The minimum Gasteiger partial charge on any atom is -0.494 e. The van der Waals surface area contributed by atoms with Crippen LogP contribution >= 0.6 is 0 Å². The fourth-order valence-corrected chi connectivity index (χ4v) is 4.46. The standard InChI is InChI=1S/C28H33N3O7/c1-3-5-15-37-21-11-7-19(8-12-21)29-25(32)17-23(27(29)34)31(36)24-18-26(33)30(28(24)35)20-9-13-22(14-10-20)38-16-6-4-2/h7-14,23-24,36H,3-6,15-18H2,1-2H3. The number of hydroxylamine groups is 2. The summed E-state index contributed by atoms with van der Waals surface area (Å²) in [5.74, 6) is -1.10. The summed E-state index contributed by atoms with van der Waals surface area (Å²) < 4.78 is 11.2. The predicted octanol–water partition coefficient (Wildman–Crippen LogP) is 3.70. The molecule has 10 nitrogen and oxygen atoms in total. The van der Waals surface area contributed by atoms with E-state index in [1.54, 1.807) is 48.5 Å². The van der Waals surface area contributed by atoms with Crippen LogP contribution in [0.1, 0.15) is 52.4 Å². The highest BCUT2D eigenvalue weighted by Crippen LogP contribution is 2.32. The van der Waals surface area contributed by atoms with Gasteiger partial charge in [-0.1, -0.05) is 26.7 Å². The fraction of sp³-hybridized carbons (Fsp3) is 0.429. The molecular formula is C28H33N3O7. The van der Waals surface area contributed by atoms with Crippen molar-refractivity contribution in [3.63, 3.8) is 0 Å². The summed E-state index contributed by atoms with van der Waals surface area (Å²) in [6.45, 7) is 5.26. The second-order valence-electron chi connectivity index (χ2n) is 9.35. The second kappa shape index (κ2) is 12.2. The van der Waals surface area contributed by atoms with E-state index < -0.39 is 35.7 Å². The van der Waals surface area contributed by atoms with Crippen LogP contribution in [-0.2, 0) is 19.2 Å². The Morgan fingerprint density at radius 2 is 1.08 bits per heavy atom. The van der Waals surface area contributed by atoms with Gasteiger partial charge in [-0.3, -0.25) is 19.2 Å². The van der Waals surface area contributed by atoms with E-state index in [0.29, 0.717) is 41.2 Å². The van der Waals surface area contributed by atoms with Crippen LogP contribution in [0.4, 0.5) is 11.4 Å². The number of hydrogen-bond donors (Lipinski definition) is 1. The number of carbonyl (C=O) groups is 4. The number of nitrogens with zero attached hydrogens (tertiary/aromatic N) is 3. The molecule has 0 spiro atoms. The van der Waals surface area contributed by atoms with Crippen molar-refractivity contribution < 1.29 is 33.9 Å². The zero-order valence-electron chi connectivity index (χ0n) is 21.7. The van der Waals surface area contributed by atoms with Gasteiger partial charge in [0.2, 0.25) is 11.8 Å². The first-order valence-corrected chi connectivity index (χ1v) is 13.0. The van der Waals surface area contributed by atoms with Crippen LogP contribution in [0.2, 0.25) is 0 Å². The molecule has 0 aliphatic carbocycles. The van der Waals surface area contributed by atoms with Crippen molar-refractivity contribution in [2.75, 3.05) is 23.0 Å². The summed E-state index contributed by atoms with van der Waals surface area (Å²) in [5.41, 5.74) is 0.686. The van der Waals surface area contributed by atoms with Gasteiger partial charge in [0.15, 0.2) is 0 Å². The normalized spacial score (nSPS) is 19.7. The molecule has 4 rings (SSSR count). The number of amides is 4. The molecule has 2 aliphatic rings. The zero-order valence-corrected chi connectivity index (χ0v) is 21.7. The Bertz CT molecular complexity index is 1070. The van der Waals surface area contributed by atoms with E-state index in [0.717, 1.165) is 35.5 Å². The highest BCUT2D eigenvalue weighted by molar-refractivity contribution is 6.24. The third kappa shape index (κ3) is 5.71. The van der Waals surface area contributed by atoms with Crippen molar-refractivity contribution in [3.8, 4) is 11.5 Å². The summed E-state index contributed by atoms with van der Waals surface area (Å²) >= 11 is 0. The number of carbonyl (C=O) groups excluding carboxylic acids is 4. The lowest BCUT2D eigenvalue weighted by molar-refractivity contribution is -0.172. The van der Waals surface area contributed by atoms with Gasteiger partial charge in [-0.05, 0) is 61.4 Å². The Morgan fingerprint density at radius 1 is 0.711 bits per heavy atom. The van der Waals surface area contributed by atoms with Gasteiger partial charge in [0.25, 0.3) is 11.8 Å². The minimum absolute atomic E-state index is 0.314. The summed E-state index contributed by atoms with van der Waals surface area (Å²) in [6, 6.07) is 10.5. The SMILES string of the molecule is CCCCOc1ccc(N2C(=O)CC(N(O)C3CC(=O)N(c4ccc(OCCCC)cc4)C3=O)C2=O)cc1. The van der Waals surface area contributed by atoms with Gasteiger partial charge in [-0.15, -0.1) is 0 Å². The molecule has 202 valence electrons. The van der Waals surface area contributed by atoms with Crippen LogP contribution in [0, 0.1) is 0 Å². The minimum atomic E-state index is -1.28. The summed E-state index contributed by atoms with van der Waals surface area (Å²) in [6.07, 6.45) is 3.20. The number of anilines is 2. The van der Waals surface area contributed by atoms with E-state index in [-0.39, 0.29) is 12.8 Å². The molecule has 0 saturated carbocycles. The van der Waals surface area contributed by atoms with Crippen LogP contribution in [0.5, 0.6) is 11.5 Å². The van der Waals surface area contributed by atoms with Crippen molar-refractivity contribution >= 4 is 35.0 Å². The lowest BCUT2D eigenvalue weighted by Crippen LogP contribution is -2.49. The fourth-order valence-electron chi connectivity index (χ4n) is 4.46. The number of imide groups is 2. The van der Waals surface area contributed by atoms with Crippen molar-refractivity contribution in [2.45, 2.75) is 64.5 Å². The highest BCUT2D eigenvalue weighted by atomic mass is 16.5. The second-order valence-corrected chi connectivity index (χ2v) is 9.35. The summed E-state index contributed by atoms with van der Waals surface area (Å²) in [4.78, 5) is 53.7. The molecule has 2 heterocycles. The number of unbranched alkanes of at least 4 members (excludes halogenated alkanes) is 2. The molecule has 2 aliphatic heterocycles. The van der Waals surface area contributed by atoms with Gasteiger partial charge in [0, 0.05) is 0 Å². The Kier molecular flexibility index (Phi) is 8.75. The molecule has 2 atom stereocenters. The van der Waals surface area contributed by atoms with Crippen LogP contribution in [0.3, 0.4) is 0 Å². The maximum atomic E-state index is 13.1. The molecule has 2 saturated heterocycles. The first-order valence-electron chi connectivity index (χ1n) is 13.0. The summed E-state index contributed by atoms with van der Waals surface area (Å²) in [7, 11) is 0. The topological polar surface area (TPSA) is 117 Å². The number of benzene rings is 2. The first kappa shape index (κ1) is 27.3. The van der Waals surface area contributed by atoms with Gasteiger partial charge in [0.05, 0.1) is 37.4 Å². The predicted molar refractivity (Wildman–Crippen MR) is 139 cm³/mol. The monoisotopic (exact) mass is 523 g/mol. The molecule has 38 heavy (non-hydrogen) atoms. The quantitative estimate of drug-likeness (QED) is 0.254. The Morgan fingerprint density at radius 3 is 1.42 bits per heavy atom. The lowest BCUT2D eigenvalue weighted by atomic mass is 10.1. The molecule has 10 heteroatoms. The molecule has 4 amide bonds. The van der Waals surface area contributed by atoms with Crippen molar-refractivity contribution in [1.29, 1.82) is 0 Å². The van der Waals surface area contributed by atoms with Gasteiger partial charge in [-0.2, -0.15) is 5.06 Å². The van der Waals surface area contributed by atoms with Gasteiger partial charge < -0.3 is 14.7 Å². The molecule has 2 aromatic rings. The maximum absolute atomic E-state index is 13.1. The zero-order chi connectivity index (χ0) is 27.2.